The van der Waals surface area contributed by atoms with Crippen molar-refractivity contribution in [3.63, 3.8) is 0 Å². The number of carbonyl (C=O) groups excluding carboxylic acids is 1. The predicted molar refractivity (Wildman–Crippen MR) is 60.2 cm³/mol. The second kappa shape index (κ2) is 4.72. The third-order valence-electron chi connectivity index (χ3n) is 3.04. The molecule has 1 rings (SSSR count). The van der Waals surface area contributed by atoms with Crippen LogP contribution in [0, 0.1) is 5.41 Å². The molecule has 1 fully saturated rings. The highest BCUT2D eigenvalue weighted by molar-refractivity contribution is 5.74. The van der Waals surface area contributed by atoms with Crippen molar-refractivity contribution in [1.29, 1.82) is 0 Å². The third kappa shape index (κ3) is 3.72. The number of carbonyl (C=O) groups is 2. The van der Waals surface area contributed by atoms with Gasteiger partial charge in [0.15, 0.2) is 0 Å². The summed E-state index contributed by atoms with van der Waals surface area (Å²) in [6.45, 7) is 4.70. The van der Waals surface area contributed by atoms with Crippen LogP contribution in [-0.4, -0.2) is 41.6 Å². The molecule has 0 bridgehead atoms. The van der Waals surface area contributed by atoms with Gasteiger partial charge in [0.05, 0.1) is 0 Å². The molecule has 0 aromatic rings. The average molecular weight is 228 g/mol. The van der Waals surface area contributed by atoms with Crippen LogP contribution < -0.4 is 5.32 Å². The zero-order valence-corrected chi connectivity index (χ0v) is 10.1. The molecule has 92 valence electrons. The zero-order valence-electron chi connectivity index (χ0n) is 10.1. The first-order valence-electron chi connectivity index (χ1n) is 5.56. The molecule has 5 nitrogen and oxygen atoms in total. The summed E-state index contributed by atoms with van der Waals surface area (Å²) in [6, 6.07) is 0.155. The van der Waals surface area contributed by atoms with Crippen LogP contribution in [0.15, 0.2) is 0 Å². The molecule has 1 saturated carbocycles. The van der Waals surface area contributed by atoms with E-state index in [4.69, 9.17) is 5.11 Å². The summed E-state index contributed by atoms with van der Waals surface area (Å²) in [5, 5.41) is 11.4. The third-order valence-corrected chi connectivity index (χ3v) is 3.04. The van der Waals surface area contributed by atoms with E-state index in [2.05, 4.69) is 19.2 Å². The maximum absolute atomic E-state index is 11.6. The maximum atomic E-state index is 11.6. The van der Waals surface area contributed by atoms with Gasteiger partial charge in [0.25, 0.3) is 0 Å². The van der Waals surface area contributed by atoms with Crippen LogP contribution in [0.3, 0.4) is 0 Å². The van der Waals surface area contributed by atoms with Gasteiger partial charge < -0.3 is 15.3 Å². The summed E-state index contributed by atoms with van der Waals surface area (Å²) in [5.41, 5.74) is 0.220. The number of rotatable bonds is 5. The van der Waals surface area contributed by atoms with Crippen LogP contribution in [0.4, 0.5) is 4.79 Å². The van der Waals surface area contributed by atoms with Crippen molar-refractivity contribution >= 4 is 12.0 Å². The van der Waals surface area contributed by atoms with Crippen molar-refractivity contribution in [1.82, 2.24) is 10.2 Å². The minimum absolute atomic E-state index is 0.104. The lowest BCUT2D eigenvalue weighted by molar-refractivity contribution is -0.137. The van der Waals surface area contributed by atoms with Gasteiger partial charge in [0.1, 0.15) is 0 Å². The fraction of sp³-hybridized carbons (Fsp3) is 0.818. The fourth-order valence-corrected chi connectivity index (χ4v) is 1.54. The number of amides is 2. The van der Waals surface area contributed by atoms with Gasteiger partial charge in [-0.2, -0.15) is 0 Å². The average Bonchev–Trinajstić information content (AvgIpc) is 2.72. The second-order valence-electron chi connectivity index (χ2n) is 5.11. The maximum Gasteiger partial charge on any atom is 0.317 e. The molecule has 1 unspecified atom stereocenters. The summed E-state index contributed by atoms with van der Waals surface area (Å²) in [4.78, 5) is 23.5. The lowest BCUT2D eigenvalue weighted by Crippen LogP contribution is -2.40. The van der Waals surface area contributed by atoms with E-state index in [0.29, 0.717) is 13.0 Å². The largest absolute Gasteiger partial charge is 0.481 e. The summed E-state index contributed by atoms with van der Waals surface area (Å²) in [6.07, 6.45) is 1.61. The Kier molecular flexibility index (Phi) is 3.78. The van der Waals surface area contributed by atoms with Crippen molar-refractivity contribution in [2.45, 2.75) is 39.2 Å². The van der Waals surface area contributed by atoms with E-state index in [1.807, 2.05) is 0 Å². The monoisotopic (exact) mass is 228 g/mol. The molecule has 0 spiro atoms. The zero-order chi connectivity index (χ0) is 12.3. The molecular weight excluding hydrogens is 208 g/mol. The first-order chi connectivity index (χ1) is 7.33. The predicted octanol–water partition coefficient (Wildman–Crippen LogP) is 1.29. The smallest absolute Gasteiger partial charge is 0.317 e. The van der Waals surface area contributed by atoms with Crippen LogP contribution in [0.5, 0.6) is 0 Å². The summed E-state index contributed by atoms with van der Waals surface area (Å²) in [5.74, 6) is -0.822. The van der Waals surface area contributed by atoms with E-state index >= 15 is 0 Å². The number of carboxylic acids is 1. The molecule has 0 saturated heterocycles. The van der Waals surface area contributed by atoms with Gasteiger partial charge in [-0.15, -0.1) is 0 Å². The molecule has 5 heteroatoms. The minimum Gasteiger partial charge on any atom is -0.481 e. The highest BCUT2D eigenvalue weighted by Crippen LogP contribution is 2.44. The van der Waals surface area contributed by atoms with E-state index in [9.17, 15) is 9.59 Å². The number of carboxylic acid groups (broad SMARTS) is 1. The Labute approximate surface area is 95.8 Å². The van der Waals surface area contributed by atoms with E-state index in [1.54, 1.807) is 7.05 Å². The van der Waals surface area contributed by atoms with E-state index in [-0.39, 0.29) is 23.9 Å². The standard InChI is InChI=1S/C11H20N2O3/c1-11(2)7-8(11)12-10(16)13(3)6-4-5-9(14)15/h8H,4-7H2,1-3H3,(H,12,16)(H,14,15). The molecule has 1 aliphatic rings. The SMILES string of the molecule is CN(CCCC(=O)O)C(=O)NC1CC1(C)C. The molecule has 1 atom stereocenters. The molecular formula is C11H20N2O3. The lowest BCUT2D eigenvalue weighted by atomic mass is 10.2. The summed E-state index contributed by atoms with van der Waals surface area (Å²) < 4.78 is 0. The van der Waals surface area contributed by atoms with Crippen LogP contribution in [-0.2, 0) is 4.79 Å². The van der Waals surface area contributed by atoms with Crippen LogP contribution >= 0.6 is 0 Å². The van der Waals surface area contributed by atoms with Crippen LogP contribution in [0.2, 0.25) is 0 Å². The molecule has 2 N–H and O–H groups in total. The quantitative estimate of drug-likeness (QED) is 0.745. The number of hydrogen-bond donors (Lipinski definition) is 2. The fourth-order valence-electron chi connectivity index (χ4n) is 1.54. The molecule has 2 amide bonds. The first-order valence-corrected chi connectivity index (χ1v) is 5.56. The molecule has 0 aromatic heterocycles. The minimum atomic E-state index is -0.822. The van der Waals surface area contributed by atoms with Gasteiger partial charge >= 0.3 is 12.0 Å². The first kappa shape index (κ1) is 12.8. The number of nitrogens with zero attached hydrogens (tertiary/aromatic N) is 1. The van der Waals surface area contributed by atoms with Crippen molar-refractivity contribution in [3.8, 4) is 0 Å². The Bertz CT molecular complexity index is 289. The topological polar surface area (TPSA) is 69.6 Å². The van der Waals surface area contributed by atoms with Gasteiger partial charge in [-0.05, 0) is 18.3 Å². The number of urea groups is 1. The second-order valence-corrected chi connectivity index (χ2v) is 5.11. The van der Waals surface area contributed by atoms with Crippen molar-refractivity contribution in [2.24, 2.45) is 5.41 Å². The van der Waals surface area contributed by atoms with Gasteiger partial charge in [0.2, 0.25) is 0 Å². The van der Waals surface area contributed by atoms with Crippen LogP contribution in [0.25, 0.3) is 0 Å². The lowest BCUT2D eigenvalue weighted by Gasteiger charge is -2.18. The van der Waals surface area contributed by atoms with Gasteiger partial charge in [-0.1, -0.05) is 13.8 Å². The Morgan fingerprint density at radius 2 is 2.06 bits per heavy atom. The van der Waals surface area contributed by atoms with Crippen LogP contribution in [0.1, 0.15) is 33.1 Å². The van der Waals surface area contributed by atoms with Crippen molar-refractivity contribution in [2.75, 3.05) is 13.6 Å². The van der Waals surface area contributed by atoms with Crippen molar-refractivity contribution in [3.05, 3.63) is 0 Å². The molecule has 0 radical (unpaired) electrons. The Morgan fingerprint density at radius 1 is 1.50 bits per heavy atom. The highest BCUT2D eigenvalue weighted by atomic mass is 16.4. The van der Waals surface area contributed by atoms with E-state index < -0.39 is 5.97 Å². The Balaban J connectivity index is 2.18. The summed E-state index contributed by atoms with van der Waals surface area (Å²) in [7, 11) is 1.69. The Morgan fingerprint density at radius 3 is 2.50 bits per heavy atom. The van der Waals surface area contributed by atoms with E-state index in [1.165, 1.54) is 4.90 Å². The molecule has 0 aliphatic heterocycles. The number of nitrogens with one attached hydrogen (secondary N) is 1. The molecule has 16 heavy (non-hydrogen) atoms. The van der Waals surface area contributed by atoms with Gasteiger partial charge in [0, 0.05) is 26.1 Å². The highest BCUT2D eigenvalue weighted by Gasteiger charge is 2.46. The summed E-state index contributed by atoms with van der Waals surface area (Å²) >= 11 is 0. The molecule has 1 aliphatic carbocycles. The van der Waals surface area contributed by atoms with Gasteiger partial charge in [-0.3, -0.25) is 4.79 Å². The van der Waals surface area contributed by atoms with Crippen molar-refractivity contribution < 1.29 is 14.7 Å². The molecule has 0 aromatic carbocycles. The normalized spacial score (nSPS) is 21.3. The molecule has 0 heterocycles. The number of hydrogen-bond acceptors (Lipinski definition) is 2. The number of aliphatic carboxylic acids is 1. The van der Waals surface area contributed by atoms with E-state index in [0.717, 1.165) is 6.42 Å². The Hall–Kier alpha value is -1.26. The van der Waals surface area contributed by atoms with Gasteiger partial charge in [-0.25, -0.2) is 4.79 Å².